The Bertz CT molecular complexity index is 872. The maximum absolute atomic E-state index is 14.7. The Kier molecular flexibility index (Phi) is 8.27. The number of hydrogen-bond donors (Lipinski definition) is 0. The van der Waals surface area contributed by atoms with Crippen molar-refractivity contribution in [3.8, 4) is 5.75 Å². The maximum Gasteiger partial charge on any atom is 0.172 e. The molecule has 174 valence electrons. The lowest BCUT2D eigenvalue weighted by molar-refractivity contribution is 0.141. The number of hydrogen-bond acceptors (Lipinski definition) is 1. The van der Waals surface area contributed by atoms with Crippen molar-refractivity contribution in [1.82, 2.24) is 0 Å². The third-order valence-electron chi connectivity index (χ3n) is 8.33. The number of ether oxygens (including phenoxy) is 1. The van der Waals surface area contributed by atoms with Crippen LogP contribution in [-0.4, -0.2) is 6.61 Å². The summed E-state index contributed by atoms with van der Waals surface area (Å²) in [5.41, 5.74) is 1.33. The second-order valence-corrected chi connectivity index (χ2v) is 10.4. The van der Waals surface area contributed by atoms with Crippen LogP contribution in [0.4, 0.5) is 4.39 Å². The lowest BCUT2D eigenvalue weighted by Gasteiger charge is -2.38. The van der Waals surface area contributed by atoms with E-state index in [1.165, 1.54) is 76.2 Å². The Hall–Kier alpha value is -1.83. The molecule has 0 N–H and O–H groups in total. The Morgan fingerprint density at radius 3 is 2.19 bits per heavy atom. The quantitative estimate of drug-likeness (QED) is 0.357. The number of fused-ring (bicyclic) bond motifs is 1. The highest BCUT2D eigenvalue weighted by molar-refractivity contribution is 5.85. The summed E-state index contributed by atoms with van der Waals surface area (Å²) in [6.07, 6.45) is 18.5. The molecule has 0 bridgehead atoms. The Balaban J connectivity index is 1.25. The molecule has 2 heteroatoms. The summed E-state index contributed by atoms with van der Waals surface area (Å²) in [7, 11) is 0. The first-order chi connectivity index (χ1) is 15.7. The molecule has 0 aliphatic heterocycles. The third kappa shape index (κ3) is 5.74. The van der Waals surface area contributed by atoms with E-state index in [4.69, 9.17) is 4.74 Å². The topological polar surface area (TPSA) is 9.23 Å². The second kappa shape index (κ2) is 11.3. The zero-order valence-electron chi connectivity index (χ0n) is 20.0. The molecule has 0 heterocycles. The molecule has 1 nitrogen and oxygen atoms in total. The number of aryl methyl sites for hydroxylation is 1. The fourth-order valence-corrected chi connectivity index (χ4v) is 6.41. The van der Waals surface area contributed by atoms with E-state index in [-0.39, 0.29) is 5.82 Å². The van der Waals surface area contributed by atoms with Crippen molar-refractivity contribution >= 4 is 10.8 Å². The van der Waals surface area contributed by atoms with Gasteiger partial charge in [0.05, 0.1) is 0 Å². The Morgan fingerprint density at radius 2 is 1.56 bits per heavy atom. The minimum absolute atomic E-state index is 0.266. The molecule has 0 aromatic heterocycles. The van der Waals surface area contributed by atoms with Gasteiger partial charge in [-0.15, -0.1) is 0 Å². The molecular formula is C30H41FO. The Labute approximate surface area is 194 Å². The van der Waals surface area contributed by atoms with Gasteiger partial charge in [-0.3, -0.25) is 0 Å². The maximum atomic E-state index is 14.7. The van der Waals surface area contributed by atoms with E-state index in [1.54, 1.807) is 12.1 Å². The van der Waals surface area contributed by atoms with Crippen LogP contribution in [0.3, 0.4) is 0 Å². The van der Waals surface area contributed by atoms with Gasteiger partial charge in [0.2, 0.25) is 0 Å². The summed E-state index contributed by atoms with van der Waals surface area (Å²) in [5.74, 6) is 3.94. The normalized spacial score (nSPS) is 26.2. The molecule has 32 heavy (non-hydrogen) atoms. The van der Waals surface area contributed by atoms with Crippen LogP contribution in [0.1, 0.15) is 83.1 Å². The van der Waals surface area contributed by atoms with Gasteiger partial charge in [-0.05, 0) is 79.2 Å². The van der Waals surface area contributed by atoms with Crippen molar-refractivity contribution in [3.63, 3.8) is 0 Å². The standard InChI is InChI=1S/C30H41FO/c1-3-5-22-8-13-25(14-9-22)26-15-10-23(11-16-26)6-7-24-12-18-28-27(21-24)17-19-29(30(28)31)32-20-4-2/h4,12,17-19,21-23,25-26H,2-3,5-11,13-16,20H2,1H3. The van der Waals surface area contributed by atoms with E-state index >= 15 is 0 Å². The molecule has 4 rings (SSSR count). The van der Waals surface area contributed by atoms with Crippen LogP contribution in [-0.2, 0) is 6.42 Å². The van der Waals surface area contributed by atoms with Gasteiger partial charge in [-0.1, -0.05) is 82.4 Å². The zero-order valence-corrected chi connectivity index (χ0v) is 20.0. The van der Waals surface area contributed by atoms with Crippen molar-refractivity contribution in [3.05, 3.63) is 54.4 Å². The van der Waals surface area contributed by atoms with Crippen molar-refractivity contribution in [2.24, 2.45) is 23.7 Å². The predicted molar refractivity (Wildman–Crippen MR) is 134 cm³/mol. The summed E-state index contributed by atoms with van der Waals surface area (Å²) in [6, 6.07) is 9.90. The highest BCUT2D eigenvalue weighted by atomic mass is 19.1. The SMILES string of the molecule is C=CCOc1ccc2cc(CCC3CCC(C4CCC(CCC)CC4)CC3)ccc2c1F. The van der Waals surface area contributed by atoms with E-state index in [0.717, 1.165) is 35.5 Å². The highest BCUT2D eigenvalue weighted by Crippen LogP contribution is 2.43. The molecule has 0 amide bonds. The van der Waals surface area contributed by atoms with Gasteiger partial charge < -0.3 is 4.74 Å². The fraction of sp³-hybridized carbons (Fsp3) is 0.600. The summed E-state index contributed by atoms with van der Waals surface area (Å²) < 4.78 is 20.1. The van der Waals surface area contributed by atoms with E-state index in [0.29, 0.717) is 17.7 Å². The van der Waals surface area contributed by atoms with Gasteiger partial charge >= 0.3 is 0 Å². The van der Waals surface area contributed by atoms with Crippen LogP contribution >= 0.6 is 0 Å². The van der Waals surface area contributed by atoms with Crippen LogP contribution in [0.25, 0.3) is 10.8 Å². The van der Waals surface area contributed by atoms with Gasteiger partial charge in [-0.2, -0.15) is 0 Å². The highest BCUT2D eigenvalue weighted by Gasteiger charge is 2.30. The van der Waals surface area contributed by atoms with Crippen molar-refractivity contribution in [2.45, 2.75) is 84.0 Å². The van der Waals surface area contributed by atoms with E-state index < -0.39 is 0 Å². The summed E-state index contributed by atoms with van der Waals surface area (Å²) in [4.78, 5) is 0. The van der Waals surface area contributed by atoms with Crippen LogP contribution in [0.5, 0.6) is 5.75 Å². The molecule has 0 saturated heterocycles. The lowest BCUT2D eigenvalue weighted by atomic mass is 9.68. The first-order valence-electron chi connectivity index (χ1n) is 13.1. The van der Waals surface area contributed by atoms with E-state index in [9.17, 15) is 4.39 Å². The van der Waals surface area contributed by atoms with Crippen molar-refractivity contribution in [2.75, 3.05) is 6.61 Å². The Morgan fingerprint density at radius 1 is 0.906 bits per heavy atom. The summed E-state index contributed by atoms with van der Waals surface area (Å²) in [5, 5.41) is 1.61. The van der Waals surface area contributed by atoms with Gasteiger partial charge in [0.1, 0.15) is 6.61 Å². The molecule has 0 spiro atoms. The smallest absolute Gasteiger partial charge is 0.172 e. The molecule has 2 aromatic rings. The van der Waals surface area contributed by atoms with Crippen LogP contribution < -0.4 is 4.74 Å². The third-order valence-corrected chi connectivity index (χ3v) is 8.33. The van der Waals surface area contributed by atoms with Crippen LogP contribution in [0.15, 0.2) is 43.0 Å². The van der Waals surface area contributed by atoms with Crippen LogP contribution in [0, 0.1) is 29.5 Å². The minimum atomic E-state index is -0.266. The molecule has 2 fully saturated rings. The number of benzene rings is 2. The molecule has 0 atom stereocenters. The van der Waals surface area contributed by atoms with Gasteiger partial charge in [0.15, 0.2) is 11.6 Å². The van der Waals surface area contributed by atoms with Crippen molar-refractivity contribution < 1.29 is 9.13 Å². The average Bonchev–Trinajstić information content (AvgIpc) is 2.83. The molecular weight excluding hydrogens is 395 g/mol. The monoisotopic (exact) mass is 436 g/mol. The van der Waals surface area contributed by atoms with Gasteiger partial charge in [-0.25, -0.2) is 4.39 Å². The van der Waals surface area contributed by atoms with Crippen molar-refractivity contribution in [1.29, 1.82) is 0 Å². The van der Waals surface area contributed by atoms with E-state index in [1.807, 2.05) is 12.1 Å². The second-order valence-electron chi connectivity index (χ2n) is 10.4. The zero-order chi connectivity index (χ0) is 22.3. The largest absolute Gasteiger partial charge is 0.486 e. The summed E-state index contributed by atoms with van der Waals surface area (Å²) >= 11 is 0. The number of rotatable bonds is 9. The molecule has 2 saturated carbocycles. The average molecular weight is 437 g/mol. The fourth-order valence-electron chi connectivity index (χ4n) is 6.41. The van der Waals surface area contributed by atoms with Gasteiger partial charge in [0.25, 0.3) is 0 Å². The molecule has 2 aliphatic carbocycles. The van der Waals surface area contributed by atoms with E-state index in [2.05, 4.69) is 25.6 Å². The molecule has 0 radical (unpaired) electrons. The first kappa shape index (κ1) is 23.3. The molecule has 2 aromatic carbocycles. The first-order valence-corrected chi connectivity index (χ1v) is 13.1. The minimum Gasteiger partial charge on any atom is -0.486 e. The lowest BCUT2D eigenvalue weighted by Crippen LogP contribution is -2.26. The number of halogens is 1. The van der Waals surface area contributed by atoms with Crippen LogP contribution in [0.2, 0.25) is 0 Å². The summed E-state index contributed by atoms with van der Waals surface area (Å²) in [6.45, 7) is 6.28. The molecule has 2 aliphatic rings. The van der Waals surface area contributed by atoms with Gasteiger partial charge in [0, 0.05) is 5.39 Å². The molecule has 0 unspecified atom stereocenters. The predicted octanol–water partition coefficient (Wildman–Crippen LogP) is 8.89.